The molecule has 3 nitrogen and oxygen atoms in total. The molecule has 3 heteroatoms. The number of rotatable bonds is 5. The van der Waals surface area contributed by atoms with E-state index in [1.54, 1.807) is 13.3 Å². The van der Waals surface area contributed by atoms with Crippen molar-refractivity contribution >= 4 is 5.82 Å². The number of hydrogen-bond donors (Lipinski definition) is 1. The van der Waals surface area contributed by atoms with E-state index in [9.17, 15) is 0 Å². The largest absolute Gasteiger partial charge is 0.493 e. The Kier molecular flexibility index (Phi) is 4.39. The van der Waals surface area contributed by atoms with E-state index >= 15 is 0 Å². The van der Waals surface area contributed by atoms with Crippen molar-refractivity contribution in [3.8, 4) is 5.75 Å². The van der Waals surface area contributed by atoms with Crippen molar-refractivity contribution < 1.29 is 4.74 Å². The van der Waals surface area contributed by atoms with Gasteiger partial charge in [0.05, 0.1) is 13.2 Å². The van der Waals surface area contributed by atoms with Gasteiger partial charge in [-0.3, -0.25) is 0 Å². The third-order valence-corrected chi connectivity index (χ3v) is 3.23. The highest BCUT2D eigenvalue weighted by molar-refractivity contribution is 5.51. The van der Waals surface area contributed by atoms with Gasteiger partial charge >= 0.3 is 0 Å². The maximum absolute atomic E-state index is 5.29. The van der Waals surface area contributed by atoms with Crippen molar-refractivity contribution in [2.24, 2.45) is 0 Å². The van der Waals surface area contributed by atoms with Crippen LogP contribution in [0.4, 0.5) is 5.82 Å². The maximum Gasteiger partial charge on any atom is 0.169 e. The Morgan fingerprint density at radius 2 is 1.95 bits per heavy atom. The SMILES string of the molecule is CCc1ccc(C(C)Nc2ncccc2OC)cc1. The molecule has 0 spiro atoms. The first-order chi connectivity index (χ1) is 9.24. The molecule has 2 rings (SSSR count). The number of anilines is 1. The van der Waals surface area contributed by atoms with E-state index in [4.69, 9.17) is 4.74 Å². The molecule has 1 atom stereocenters. The molecular formula is C16H20N2O. The minimum atomic E-state index is 0.190. The summed E-state index contributed by atoms with van der Waals surface area (Å²) in [6.45, 7) is 4.28. The summed E-state index contributed by atoms with van der Waals surface area (Å²) in [7, 11) is 1.66. The van der Waals surface area contributed by atoms with Crippen LogP contribution in [0.3, 0.4) is 0 Å². The molecule has 1 unspecified atom stereocenters. The molecule has 0 fully saturated rings. The normalized spacial score (nSPS) is 11.9. The van der Waals surface area contributed by atoms with Crippen LogP contribution in [0.1, 0.15) is 31.0 Å². The predicted octanol–water partition coefficient (Wildman–Crippen LogP) is 3.83. The third kappa shape index (κ3) is 3.25. The lowest BCUT2D eigenvalue weighted by atomic mass is 10.1. The number of nitrogens with one attached hydrogen (secondary N) is 1. The highest BCUT2D eigenvalue weighted by atomic mass is 16.5. The van der Waals surface area contributed by atoms with Crippen molar-refractivity contribution in [2.75, 3.05) is 12.4 Å². The number of benzene rings is 1. The molecule has 1 heterocycles. The zero-order chi connectivity index (χ0) is 13.7. The van der Waals surface area contributed by atoms with Gasteiger partial charge in [-0.1, -0.05) is 31.2 Å². The fraction of sp³-hybridized carbons (Fsp3) is 0.312. The van der Waals surface area contributed by atoms with Gasteiger partial charge in [0.25, 0.3) is 0 Å². The van der Waals surface area contributed by atoms with Crippen LogP contribution in [0.2, 0.25) is 0 Å². The van der Waals surface area contributed by atoms with Gasteiger partial charge < -0.3 is 10.1 Å². The summed E-state index contributed by atoms with van der Waals surface area (Å²) in [5, 5.41) is 3.38. The number of ether oxygens (including phenoxy) is 1. The highest BCUT2D eigenvalue weighted by Crippen LogP contribution is 2.25. The van der Waals surface area contributed by atoms with Gasteiger partial charge in [0, 0.05) is 6.20 Å². The Morgan fingerprint density at radius 3 is 2.58 bits per heavy atom. The Bertz CT molecular complexity index is 523. The number of methoxy groups -OCH3 is 1. The second-order valence-corrected chi connectivity index (χ2v) is 4.52. The summed E-state index contributed by atoms with van der Waals surface area (Å²) in [4.78, 5) is 4.31. The van der Waals surface area contributed by atoms with Crippen LogP contribution in [0, 0.1) is 0 Å². The summed E-state index contributed by atoms with van der Waals surface area (Å²) in [5.74, 6) is 1.54. The van der Waals surface area contributed by atoms with Crippen molar-refractivity contribution in [2.45, 2.75) is 26.3 Å². The molecule has 1 aromatic carbocycles. The van der Waals surface area contributed by atoms with E-state index in [2.05, 4.69) is 48.4 Å². The molecule has 0 aliphatic rings. The molecule has 100 valence electrons. The van der Waals surface area contributed by atoms with Crippen molar-refractivity contribution in [3.05, 3.63) is 53.7 Å². The van der Waals surface area contributed by atoms with E-state index in [1.165, 1.54) is 11.1 Å². The first-order valence-electron chi connectivity index (χ1n) is 6.59. The molecule has 0 saturated carbocycles. The Morgan fingerprint density at radius 1 is 1.21 bits per heavy atom. The lowest BCUT2D eigenvalue weighted by Crippen LogP contribution is -2.09. The van der Waals surface area contributed by atoms with Gasteiger partial charge in [0.2, 0.25) is 0 Å². The van der Waals surface area contributed by atoms with Crippen molar-refractivity contribution in [1.29, 1.82) is 0 Å². The summed E-state index contributed by atoms with van der Waals surface area (Å²) in [6, 6.07) is 12.6. The smallest absolute Gasteiger partial charge is 0.169 e. The van der Waals surface area contributed by atoms with Gasteiger partial charge in [-0.25, -0.2) is 4.98 Å². The minimum absolute atomic E-state index is 0.190. The first kappa shape index (κ1) is 13.4. The summed E-state index contributed by atoms with van der Waals surface area (Å²) >= 11 is 0. The van der Waals surface area contributed by atoms with E-state index < -0.39 is 0 Å². The van der Waals surface area contributed by atoms with Crippen LogP contribution in [-0.2, 0) is 6.42 Å². The summed E-state index contributed by atoms with van der Waals surface area (Å²) < 4.78 is 5.29. The van der Waals surface area contributed by atoms with Crippen molar-refractivity contribution in [1.82, 2.24) is 4.98 Å². The lowest BCUT2D eigenvalue weighted by Gasteiger charge is -2.17. The van der Waals surface area contributed by atoms with E-state index in [0.717, 1.165) is 18.0 Å². The molecule has 2 aromatic rings. The van der Waals surface area contributed by atoms with Crippen molar-refractivity contribution in [3.63, 3.8) is 0 Å². The molecule has 19 heavy (non-hydrogen) atoms. The fourth-order valence-electron chi connectivity index (χ4n) is 1.99. The lowest BCUT2D eigenvalue weighted by molar-refractivity contribution is 0.414. The van der Waals surface area contributed by atoms with Crippen LogP contribution in [0.15, 0.2) is 42.6 Å². The third-order valence-electron chi connectivity index (χ3n) is 3.23. The van der Waals surface area contributed by atoms with Crippen LogP contribution in [0.25, 0.3) is 0 Å². The van der Waals surface area contributed by atoms with Gasteiger partial charge in [0.1, 0.15) is 0 Å². The number of pyridine rings is 1. The monoisotopic (exact) mass is 256 g/mol. The van der Waals surface area contributed by atoms with E-state index in [1.807, 2.05) is 12.1 Å². The zero-order valence-electron chi connectivity index (χ0n) is 11.7. The molecule has 0 aliphatic carbocycles. The first-order valence-corrected chi connectivity index (χ1v) is 6.59. The Hall–Kier alpha value is -2.03. The average molecular weight is 256 g/mol. The van der Waals surface area contributed by atoms with E-state index in [0.29, 0.717) is 0 Å². The molecule has 1 aromatic heterocycles. The second kappa shape index (κ2) is 6.23. The maximum atomic E-state index is 5.29. The van der Waals surface area contributed by atoms with Gasteiger partial charge in [-0.15, -0.1) is 0 Å². The molecule has 0 saturated heterocycles. The van der Waals surface area contributed by atoms with Crippen LogP contribution < -0.4 is 10.1 Å². The Labute approximate surface area is 114 Å². The second-order valence-electron chi connectivity index (χ2n) is 4.52. The van der Waals surface area contributed by atoms with Crippen LogP contribution in [-0.4, -0.2) is 12.1 Å². The minimum Gasteiger partial charge on any atom is -0.493 e. The number of aryl methyl sites for hydroxylation is 1. The number of hydrogen-bond acceptors (Lipinski definition) is 3. The molecule has 0 aliphatic heterocycles. The van der Waals surface area contributed by atoms with Gasteiger partial charge in [-0.05, 0) is 36.6 Å². The topological polar surface area (TPSA) is 34.2 Å². The average Bonchev–Trinajstić information content (AvgIpc) is 2.48. The summed E-state index contributed by atoms with van der Waals surface area (Å²) in [6.07, 6.45) is 2.83. The van der Waals surface area contributed by atoms with Crippen LogP contribution in [0.5, 0.6) is 5.75 Å². The van der Waals surface area contributed by atoms with Crippen LogP contribution >= 0.6 is 0 Å². The number of aromatic nitrogens is 1. The molecule has 0 amide bonds. The zero-order valence-corrected chi connectivity index (χ0v) is 11.7. The standard InChI is InChI=1S/C16H20N2O/c1-4-13-7-9-14(10-8-13)12(2)18-16-15(19-3)6-5-11-17-16/h5-12H,4H2,1-3H3,(H,17,18). The molecule has 1 N–H and O–H groups in total. The van der Waals surface area contributed by atoms with Gasteiger partial charge in [0.15, 0.2) is 11.6 Å². The highest BCUT2D eigenvalue weighted by Gasteiger charge is 2.09. The fourth-order valence-corrected chi connectivity index (χ4v) is 1.99. The predicted molar refractivity (Wildman–Crippen MR) is 78.6 cm³/mol. The molecule has 0 radical (unpaired) electrons. The molecule has 0 bridgehead atoms. The van der Waals surface area contributed by atoms with Gasteiger partial charge in [-0.2, -0.15) is 0 Å². The summed E-state index contributed by atoms with van der Waals surface area (Å²) in [5.41, 5.74) is 2.59. The molecular weight excluding hydrogens is 236 g/mol. The quantitative estimate of drug-likeness (QED) is 0.883. The number of nitrogens with zero attached hydrogens (tertiary/aromatic N) is 1. The van der Waals surface area contributed by atoms with E-state index in [-0.39, 0.29) is 6.04 Å². The Balaban J connectivity index is 2.13.